The highest BCUT2D eigenvalue weighted by Gasteiger charge is 2.56. The number of likely N-dealkylation sites (tertiary alicyclic amines) is 1. The van der Waals surface area contributed by atoms with Gasteiger partial charge in [-0.2, -0.15) is 0 Å². The number of benzene rings is 2. The molecule has 4 heteroatoms. The number of halogens is 1. The van der Waals surface area contributed by atoms with Crippen LogP contribution in [0.1, 0.15) is 50.8 Å². The second kappa shape index (κ2) is 8.29. The lowest BCUT2D eigenvalue weighted by molar-refractivity contribution is -0.0651. The summed E-state index contributed by atoms with van der Waals surface area (Å²) in [5.41, 5.74) is 3.95. The molecule has 2 aromatic rings. The summed E-state index contributed by atoms with van der Waals surface area (Å²) in [7, 11) is 0. The molecular weight excluding hydrogens is 382 g/mol. The van der Waals surface area contributed by atoms with Crippen molar-refractivity contribution in [2.24, 2.45) is 5.41 Å². The standard InChI is InChI=1S/C25H33NO2.ClH/c1-18(28-17-19-9-6-5-7-10-19)16-26-14-13-25(4)21-11-8-12-22(27)20(21)15-23(26)24(25,2)3;/h5-12,18,23,27H,13-17H2,1-4H3;1H/t18-,23+,25-;/m0./s1. The second-order valence-corrected chi connectivity index (χ2v) is 9.43. The first-order chi connectivity index (χ1) is 13.3. The lowest BCUT2D eigenvalue weighted by atomic mass is 9.51. The summed E-state index contributed by atoms with van der Waals surface area (Å²) in [4.78, 5) is 2.60. The Morgan fingerprint density at radius 3 is 2.55 bits per heavy atom. The molecule has 1 aliphatic heterocycles. The van der Waals surface area contributed by atoms with Gasteiger partial charge in [0.05, 0.1) is 12.7 Å². The molecule has 3 atom stereocenters. The summed E-state index contributed by atoms with van der Waals surface area (Å²) in [5, 5.41) is 10.5. The minimum atomic E-state index is 0. The van der Waals surface area contributed by atoms with E-state index in [2.05, 4.69) is 62.9 Å². The van der Waals surface area contributed by atoms with Gasteiger partial charge in [-0.3, -0.25) is 4.90 Å². The van der Waals surface area contributed by atoms with Crippen LogP contribution in [-0.2, 0) is 23.2 Å². The van der Waals surface area contributed by atoms with Gasteiger partial charge in [-0.1, -0.05) is 63.2 Å². The number of phenols is 1. The first-order valence-electron chi connectivity index (χ1n) is 10.5. The molecule has 158 valence electrons. The molecule has 0 radical (unpaired) electrons. The first-order valence-corrected chi connectivity index (χ1v) is 10.5. The van der Waals surface area contributed by atoms with Gasteiger partial charge in [0.15, 0.2) is 0 Å². The Kier molecular flexibility index (Phi) is 6.33. The van der Waals surface area contributed by atoms with E-state index in [1.54, 1.807) is 0 Å². The molecule has 0 unspecified atom stereocenters. The molecule has 1 N–H and O–H groups in total. The van der Waals surface area contributed by atoms with Crippen molar-refractivity contribution >= 4 is 12.4 Å². The van der Waals surface area contributed by atoms with Crippen LogP contribution in [0.25, 0.3) is 0 Å². The molecule has 2 bridgehead atoms. The van der Waals surface area contributed by atoms with Crippen molar-refractivity contribution in [3.8, 4) is 5.75 Å². The fraction of sp³-hybridized carbons (Fsp3) is 0.520. The van der Waals surface area contributed by atoms with Gasteiger partial charge in [-0.15, -0.1) is 12.4 Å². The molecule has 1 saturated heterocycles. The van der Waals surface area contributed by atoms with Crippen LogP contribution in [0.5, 0.6) is 5.75 Å². The molecule has 3 nitrogen and oxygen atoms in total. The van der Waals surface area contributed by atoms with Crippen LogP contribution in [-0.4, -0.2) is 35.2 Å². The lowest BCUT2D eigenvalue weighted by Crippen LogP contribution is -2.64. The van der Waals surface area contributed by atoms with Gasteiger partial charge in [0.25, 0.3) is 0 Å². The number of nitrogens with zero attached hydrogens (tertiary/aromatic N) is 1. The van der Waals surface area contributed by atoms with Crippen molar-refractivity contribution < 1.29 is 9.84 Å². The van der Waals surface area contributed by atoms with E-state index in [9.17, 15) is 5.11 Å². The third-order valence-electron chi connectivity index (χ3n) is 7.61. The first kappa shape index (κ1) is 22.1. The third kappa shape index (κ3) is 3.81. The number of hydrogen-bond acceptors (Lipinski definition) is 3. The Morgan fingerprint density at radius 2 is 1.83 bits per heavy atom. The summed E-state index contributed by atoms with van der Waals surface area (Å²) in [5.74, 6) is 0.458. The van der Waals surface area contributed by atoms with E-state index in [4.69, 9.17) is 4.74 Å². The average Bonchev–Trinajstić information content (AvgIpc) is 2.67. The number of aromatic hydroxyl groups is 1. The Balaban J connectivity index is 0.00000240. The van der Waals surface area contributed by atoms with Crippen molar-refractivity contribution in [3.05, 3.63) is 65.2 Å². The van der Waals surface area contributed by atoms with E-state index in [-0.39, 0.29) is 29.3 Å². The predicted octanol–water partition coefficient (Wildman–Crippen LogP) is 5.33. The summed E-state index contributed by atoms with van der Waals surface area (Å²) >= 11 is 0. The molecule has 2 aromatic carbocycles. The Labute approximate surface area is 181 Å². The lowest BCUT2D eigenvalue weighted by Gasteiger charge is -2.61. The minimum Gasteiger partial charge on any atom is -0.508 e. The zero-order valence-electron chi connectivity index (χ0n) is 18.0. The number of phenolic OH excluding ortho intramolecular Hbond substituents is 1. The number of piperidine rings is 1. The predicted molar refractivity (Wildman–Crippen MR) is 121 cm³/mol. The van der Waals surface area contributed by atoms with Crippen LogP contribution in [0.4, 0.5) is 0 Å². The molecule has 1 fully saturated rings. The van der Waals surface area contributed by atoms with Crippen molar-refractivity contribution in [2.75, 3.05) is 13.1 Å². The van der Waals surface area contributed by atoms with Gasteiger partial charge >= 0.3 is 0 Å². The van der Waals surface area contributed by atoms with Gasteiger partial charge in [0.1, 0.15) is 5.75 Å². The number of rotatable bonds is 5. The van der Waals surface area contributed by atoms with E-state index in [0.29, 0.717) is 18.4 Å². The maximum atomic E-state index is 10.5. The van der Waals surface area contributed by atoms with E-state index in [1.807, 2.05) is 18.2 Å². The molecule has 1 aliphatic carbocycles. The van der Waals surface area contributed by atoms with E-state index in [0.717, 1.165) is 31.5 Å². The van der Waals surface area contributed by atoms with Crippen molar-refractivity contribution in [2.45, 2.75) is 64.7 Å². The van der Waals surface area contributed by atoms with E-state index in [1.165, 1.54) is 11.1 Å². The monoisotopic (exact) mass is 415 g/mol. The number of fused-ring (bicyclic) bond motifs is 4. The van der Waals surface area contributed by atoms with Gasteiger partial charge in [-0.05, 0) is 54.5 Å². The molecule has 29 heavy (non-hydrogen) atoms. The molecule has 4 rings (SSSR count). The Hall–Kier alpha value is -1.55. The smallest absolute Gasteiger partial charge is 0.119 e. The molecule has 1 heterocycles. The van der Waals surface area contributed by atoms with Gasteiger partial charge in [0, 0.05) is 18.0 Å². The third-order valence-corrected chi connectivity index (χ3v) is 7.61. The van der Waals surface area contributed by atoms with Crippen molar-refractivity contribution in [1.82, 2.24) is 4.90 Å². The highest BCUT2D eigenvalue weighted by Crippen LogP contribution is 2.57. The largest absolute Gasteiger partial charge is 0.508 e. The average molecular weight is 416 g/mol. The minimum absolute atomic E-state index is 0. The maximum Gasteiger partial charge on any atom is 0.119 e. The number of hydrogen-bond donors (Lipinski definition) is 1. The molecule has 0 amide bonds. The van der Waals surface area contributed by atoms with Crippen LogP contribution in [0.2, 0.25) is 0 Å². The van der Waals surface area contributed by atoms with Crippen LogP contribution in [0.3, 0.4) is 0 Å². The summed E-state index contributed by atoms with van der Waals surface area (Å²) in [6, 6.07) is 16.9. The van der Waals surface area contributed by atoms with Crippen LogP contribution in [0.15, 0.2) is 48.5 Å². The second-order valence-electron chi connectivity index (χ2n) is 9.43. The number of ether oxygens (including phenoxy) is 1. The Bertz CT molecular complexity index is 838. The van der Waals surface area contributed by atoms with E-state index >= 15 is 0 Å². The molecule has 0 aromatic heterocycles. The van der Waals surface area contributed by atoms with Crippen molar-refractivity contribution in [3.63, 3.8) is 0 Å². The van der Waals surface area contributed by atoms with Crippen LogP contribution in [0, 0.1) is 5.41 Å². The Morgan fingerprint density at radius 1 is 1.10 bits per heavy atom. The zero-order valence-corrected chi connectivity index (χ0v) is 18.8. The highest BCUT2D eigenvalue weighted by molar-refractivity contribution is 5.85. The quantitative estimate of drug-likeness (QED) is 0.715. The molecule has 0 saturated carbocycles. The van der Waals surface area contributed by atoms with Gasteiger partial charge in [-0.25, -0.2) is 0 Å². The van der Waals surface area contributed by atoms with Gasteiger partial charge in [0.2, 0.25) is 0 Å². The van der Waals surface area contributed by atoms with Crippen LogP contribution >= 0.6 is 12.4 Å². The molecule has 0 spiro atoms. The molecule has 2 aliphatic rings. The summed E-state index contributed by atoms with van der Waals surface area (Å²) < 4.78 is 6.16. The van der Waals surface area contributed by atoms with Crippen LogP contribution < -0.4 is 0 Å². The fourth-order valence-corrected chi connectivity index (χ4v) is 5.45. The summed E-state index contributed by atoms with van der Waals surface area (Å²) in [6.45, 7) is 12.1. The van der Waals surface area contributed by atoms with Crippen molar-refractivity contribution in [1.29, 1.82) is 0 Å². The normalized spacial score (nSPS) is 26.3. The fourth-order valence-electron chi connectivity index (χ4n) is 5.45. The summed E-state index contributed by atoms with van der Waals surface area (Å²) in [6.07, 6.45) is 2.19. The zero-order chi connectivity index (χ0) is 19.9. The SMILES string of the molecule is C[C@@H](CN1CC[C@@]2(C)c3cccc(O)c3C[C@@H]1C2(C)C)OCc1ccccc1.Cl. The van der Waals surface area contributed by atoms with Gasteiger partial charge < -0.3 is 9.84 Å². The topological polar surface area (TPSA) is 32.7 Å². The highest BCUT2D eigenvalue weighted by atomic mass is 35.5. The molecular formula is C25H34ClNO2. The maximum absolute atomic E-state index is 10.5. The van der Waals surface area contributed by atoms with E-state index < -0.39 is 0 Å².